The van der Waals surface area contributed by atoms with E-state index in [0.29, 0.717) is 12.4 Å². The van der Waals surface area contributed by atoms with E-state index in [1.165, 1.54) is 23.5 Å². The van der Waals surface area contributed by atoms with E-state index >= 15 is 0 Å². The Balaban J connectivity index is 2.14. The summed E-state index contributed by atoms with van der Waals surface area (Å²) in [6, 6.07) is 2.58. The number of rotatable bonds is 4. The molecule has 8 heteroatoms. The normalized spacial score (nSPS) is 10.3. The van der Waals surface area contributed by atoms with Gasteiger partial charge in [-0.3, -0.25) is 10.1 Å². The van der Waals surface area contributed by atoms with Crippen LogP contribution in [0.5, 0.6) is 0 Å². The number of nitrogens with one attached hydrogen (secondary N) is 1. The number of anilines is 2. The van der Waals surface area contributed by atoms with Gasteiger partial charge in [-0.15, -0.1) is 11.3 Å². The molecule has 0 amide bonds. The minimum atomic E-state index is -0.499. The number of aryl methyl sites for hydroxylation is 1. The summed E-state index contributed by atoms with van der Waals surface area (Å²) in [6.07, 6.45) is 0. The van der Waals surface area contributed by atoms with Crippen molar-refractivity contribution in [3.8, 4) is 0 Å². The highest BCUT2D eigenvalue weighted by atomic mass is 32.1. The number of nitrogens with zero attached hydrogens (tertiary/aromatic N) is 3. The van der Waals surface area contributed by atoms with Gasteiger partial charge in [0.2, 0.25) is 0 Å². The predicted octanol–water partition coefficient (Wildman–Crippen LogP) is 1.95. The second-order valence-corrected chi connectivity index (χ2v) is 4.55. The van der Waals surface area contributed by atoms with E-state index in [9.17, 15) is 10.1 Å². The van der Waals surface area contributed by atoms with Gasteiger partial charge in [-0.05, 0) is 6.92 Å². The SMILES string of the molecule is Cc1ncsc1CNc1cc([N+](=O)[O-])cc(N)n1. The van der Waals surface area contributed by atoms with Crippen molar-refractivity contribution in [3.05, 3.63) is 38.3 Å². The molecule has 94 valence electrons. The quantitative estimate of drug-likeness (QED) is 0.646. The summed E-state index contributed by atoms with van der Waals surface area (Å²) in [5.41, 5.74) is 8.12. The number of aromatic nitrogens is 2. The van der Waals surface area contributed by atoms with Gasteiger partial charge >= 0.3 is 0 Å². The van der Waals surface area contributed by atoms with Crippen molar-refractivity contribution < 1.29 is 4.92 Å². The van der Waals surface area contributed by atoms with Crippen LogP contribution >= 0.6 is 11.3 Å². The van der Waals surface area contributed by atoms with E-state index in [0.717, 1.165) is 10.6 Å². The molecular formula is C10H11N5O2S. The highest BCUT2D eigenvalue weighted by Gasteiger charge is 2.10. The first kappa shape index (κ1) is 12.2. The van der Waals surface area contributed by atoms with Crippen molar-refractivity contribution in [2.45, 2.75) is 13.5 Å². The van der Waals surface area contributed by atoms with Gasteiger partial charge < -0.3 is 11.1 Å². The van der Waals surface area contributed by atoms with Gasteiger partial charge in [-0.1, -0.05) is 0 Å². The Morgan fingerprint density at radius 1 is 1.56 bits per heavy atom. The molecule has 0 aliphatic heterocycles. The molecule has 7 nitrogen and oxygen atoms in total. The molecule has 0 fully saturated rings. The Morgan fingerprint density at radius 3 is 2.94 bits per heavy atom. The van der Waals surface area contributed by atoms with Crippen LogP contribution in [0.15, 0.2) is 17.6 Å². The summed E-state index contributed by atoms with van der Waals surface area (Å²) >= 11 is 1.52. The van der Waals surface area contributed by atoms with Crippen LogP contribution < -0.4 is 11.1 Å². The van der Waals surface area contributed by atoms with Crippen molar-refractivity contribution in [1.82, 2.24) is 9.97 Å². The fourth-order valence-electron chi connectivity index (χ4n) is 1.40. The molecule has 0 saturated carbocycles. The molecule has 0 aromatic carbocycles. The van der Waals surface area contributed by atoms with Crippen LogP contribution in [0.2, 0.25) is 0 Å². The number of thiazole rings is 1. The van der Waals surface area contributed by atoms with Crippen LogP contribution in [-0.2, 0) is 6.54 Å². The largest absolute Gasteiger partial charge is 0.383 e. The number of nitrogens with two attached hydrogens (primary N) is 1. The average molecular weight is 265 g/mol. The molecule has 3 N–H and O–H groups in total. The van der Waals surface area contributed by atoms with Crippen LogP contribution in [0.1, 0.15) is 10.6 Å². The van der Waals surface area contributed by atoms with E-state index < -0.39 is 4.92 Å². The second-order valence-electron chi connectivity index (χ2n) is 3.61. The zero-order valence-electron chi connectivity index (χ0n) is 9.58. The Labute approximate surface area is 107 Å². The van der Waals surface area contributed by atoms with Gasteiger partial charge in [0.25, 0.3) is 5.69 Å². The fourth-order valence-corrected chi connectivity index (χ4v) is 2.12. The minimum absolute atomic E-state index is 0.0778. The van der Waals surface area contributed by atoms with Crippen molar-refractivity contribution in [1.29, 1.82) is 0 Å². The van der Waals surface area contributed by atoms with Crippen molar-refractivity contribution in [2.24, 2.45) is 0 Å². The van der Waals surface area contributed by atoms with E-state index in [1.807, 2.05) is 6.92 Å². The monoisotopic (exact) mass is 265 g/mol. The third-order valence-electron chi connectivity index (χ3n) is 2.32. The molecule has 2 heterocycles. The first-order valence-corrected chi connectivity index (χ1v) is 5.99. The Bertz CT molecular complexity index is 583. The first-order valence-electron chi connectivity index (χ1n) is 5.11. The summed E-state index contributed by atoms with van der Waals surface area (Å²) in [4.78, 5) is 19.3. The molecule has 0 saturated heterocycles. The van der Waals surface area contributed by atoms with Crippen molar-refractivity contribution in [3.63, 3.8) is 0 Å². The van der Waals surface area contributed by atoms with Crippen LogP contribution in [0.25, 0.3) is 0 Å². The summed E-state index contributed by atoms with van der Waals surface area (Å²) < 4.78 is 0. The lowest BCUT2D eigenvalue weighted by Crippen LogP contribution is -2.04. The molecular weight excluding hydrogens is 254 g/mol. The van der Waals surface area contributed by atoms with E-state index in [1.54, 1.807) is 5.51 Å². The number of nitrogen functional groups attached to an aromatic ring is 1. The molecule has 0 spiro atoms. The zero-order chi connectivity index (χ0) is 13.1. The lowest BCUT2D eigenvalue weighted by molar-refractivity contribution is -0.384. The maximum atomic E-state index is 10.7. The molecule has 2 aromatic rings. The average Bonchev–Trinajstić information content (AvgIpc) is 2.71. The summed E-state index contributed by atoms with van der Waals surface area (Å²) in [6.45, 7) is 2.42. The van der Waals surface area contributed by atoms with E-state index in [4.69, 9.17) is 5.73 Å². The molecule has 0 bridgehead atoms. The molecule has 0 aliphatic carbocycles. The molecule has 0 aliphatic rings. The number of pyridine rings is 1. The van der Waals surface area contributed by atoms with Gasteiger partial charge in [-0.25, -0.2) is 9.97 Å². The van der Waals surface area contributed by atoms with Crippen LogP contribution in [0, 0.1) is 17.0 Å². The van der Waals surface area contributed by atoms with E-state index in [2.05, 4.69) is 15.3 Å². The number of nitro groups is 1. The minimum Gasteiger partial charge on any atom is -0.383 e. The van der Waals surface area contributed by atoms with E-state index in [-0.39, 0.29) is 11.5 Å². The molecule has 0 radical (unpaired) electrons. The Hall–Kier alpha value is -2.22. The van der Waals surface area contributed by atoms with Gasteiger partial charge in [0.1, 0.15) is 11.6 Å². The first-order chi connectivity index (χ1) is 8.56. The van der Waals surface area contributed by atoms with Gasteiger partial charge in [0, 0.05) is 4.88 Å². The Morgan fingerprint density at radius 2 is 2.33 bits per heavy atom. The second kappa shape index (κ2) is 4.96. The van der Waals surface area contributed by atoms with Crippen LogP contribution in [0.3, 0.4) is 0 Å². The van der Waals surface area contributed by atoms with Crippen LogP contribution in [-0.4, -0.2) is 14.9 Å². The summed E-state index contributed by atoms with van der Waals surface area (Å²) in [5.74, 6) is 0.502. The molecule has 0 unspecified atom stereocenters. The topological polar surface area (TPSA) is 107 Å². The lowest BCUT2D eigenvalue weighted by atomic mass is 10.3. The molecule has 18 heavy (non-hydrogen) atoms. The number of hydrogen-bond donors (Lipinski definition) is 2. The maximum Gasteiger partial charge on any atom is 0.276 e. The zero-order valence-corrected chi connectivity index (χ0v) is 10.4. The third-order valence-corrected chi connectivity index (χ3v) is 3.25. The summed E-state index contributed by atoms with van der Waals surface area (Å²) in [7, 11) is 0. The van der Waals surface area contributed by atoms with Crippen LogP contribution in [0.4, 0.5) is 17.3 Å². The third kappa shape index (κ3) is 2.72. The smallest absolute Gasteiger partial charge is 0.276 e. The Kier molecular flexibility index (Phi) is 3.38. The fraction of sp³-hybridized carbons (Fsp3) is 0.200. The number of hydrogen-bond acceptors (Lipinski definition) is 7. The molecule has 0 atom stereocenters. The van der Waals surface area contributed by atoms with Crippen molar-refractivity contribution in [2.75, 3.05) is 11.1 Å². The highest BCUT2D eigenvalue weighted by Crippen LogP contribution is 2.20. The van der Waals surface area contributed by atoms with Gasteiger partial charge in [0.05, 0.1) is 34.8 Å². The maximum absolute atomic E-state index is 10.7. The standard InChI is InChI=1S/C10H11N5O2S/c1-6-8(18-5-13-6)4-12-10-3-7(15(16)17)2-9(11)14-10/h2-3,5H,4H2,1H3,(H3,11,12,14). The molecule has 2 rings (SSSR count). The lowest BCUT2D eigenvalue weighted by Gasteiger charge is -2.05. The predicted molar refractivity (Wildman–Crippen MR) is 69.5 cm³/mol. The highest BCUT2D eigenvalue weighted by molar-refractivity contribution is 7.09. The van der Waals surface area contributed by atoms with Gasteiger partial charge in [0.15, 0.2) is 0 Å². The molecule has 2 aromatic heterocycles. The summed E-state index contributed by atoms with van der Waals surface area (Å²) in [5, 5.41) is 13.7. The van der Waals surface area contributed by atoms with Gasteiger partial charge in [-0.2, -0.15) is 0 Å². The van der Waals surface area contributed by atoms with Crippen molar-refractivity contribution >= 4 is 28.7 Å².